The molecule has 7 nitrogen and oxygen atoms in total. The molecule has 4 rings (SSSR count). The van der Waals surface area contributed by atoms with E-state index in [-0.39, 0.29) is 11.8 Å². The number of aryl methyl sites for hydroxylation is 1. The van der Waals surface area contributed by atoms with Gasteiger partial charge in [0.05, 0.1) is 0 Å². The van der Waals surface area contributed by atoms with Crippen LogP contribution in [-0.2, 0) is 11.2 Å². The monoisotopic (exact) mass is 463 g/mol. The molecule has 0 N–H and O–H groups in total. The summed E-state index contributed by atoms with van der Waals surface area (Å²) in [6.45, 7) is 6.29. The molecule has 1 amide bonds. The largest absolute Gasteiger partial charge is 0.468 e. The zero-order valence-corrected chi connectivity index (χ0v) is 18.6. The molecule has 2 aliphatic rings. The van der Waals surface area contributed by atoms with Crippen LogP contribution < -0.4 is 14.5 Å². The highest BCUT2D eigenvalue weighted by Gasteiger charge is 2.29. The van der Waals surface area contributed by atoms with Crippen LogP contribution in [-0.4, -0.2) is 73.3 Å². The molecule has 0 bridgehead atoms. The Bertz CT molecular complexity index is 946. The maximum absolute atomic E-state index is 12.1. The van der Waals surface area contributed by atoms with Gasteiger partial charge in [0.2, 0.25) is 11.8 Å². The minimum atomic E-state index is -4.36. The van der Waals surface area contributed by atoms with Crippen molar-refractivity contribution < 1.29 is 22.7 Å². The molecule has 1 aromatic heterocycles. The Balaban J connectivity index is 0.000000194. The third-order valence-electron chi connectivity index (χ3n) is 5.34. The summed E-state index contributed by atoms with van der Waals surface area (Å²) in [7, 11) is 2.02. The molecule has 10 heteroatoms. The summed E-state index contributed by atoms with van der Waals surface area (Å²) < 4.78 is 40.8. The molecule has 0 aliphatic carbocycles. The minimum absolute atomic E-state index is 0.0544. The second kappa shape index (κ2) is 11.1. The molecule has 3 heterocycles. The van der Waals surface area contributed by atoms with Crippen LogP contribution in [0.2, 0.25) is 0 Å². The van der Waals surface area contributed by atoms with Crippen molar-refractivity contribution >= 4 is 17.4 Å². The predicted octanol–water partition coefficient (Wildman–Crippen LogP) is 3.32. The number of hydrogen-bond donors (Lipinski definition) is 0. The Morgan fingerprint density at radius 2 is 1.85 bits per heavy atom. The summed E-state index contributed by atoms with van der Waals surface area (Å²) in [6.07, 6.45) is 0.103. The van der Waals surface area contributed by atoms with Crippen molar-refractivity contribution in [2.24, 2.45) is 0 Å². The Labute approximate surface area is 191 Å². The van der Waals surface area contributed by atoms with E-state index < -0.39 is 12.8 Å². The van der Waals surface area contributed by atoms with Gasteiger partial charge >= 0.3 is 6.18 Å². The number of rotatable bonds is 5. The quantitative estimate of drug-likeness (QED) is 0.634. The van der Waals surface area contributed by atoms with Gasteiger partial charge in [0.25, 0.3) is 0 Å². The first-order chi connectivity index (χ1) is 15.8. The Kier molecular flexibility index (Phi) is 8.26. The number of piperazine rings is 1. The molecule has 0 spiro atoms. The molecule has 1 aromatic carbocycles. The number of aromatic nitrogens is 2. The Morgan fingerprint density at radius 3 is 2.55 bits per heavy atom. The average Bonchev–Trinajstić information content (AvgIpc) is 2.80. The lowest BCUT2D eigenvalue weighted by Gasteiger charge is -2.33. The molecule has 0 saturated carbocycles. The summed E-state index contributed by atoms with van der Waals surface area (Å²) in [5.74, 6) is 0.741. The number of alkyl halides is 3. The predicted molar refractivity (Wildman–Crippen MR) is 121 cm³/mol. The van der Waals surface area contributed by atoms with Crippen LogP contribution in [0.4, 0.5) is 24.7 Å². The van der Waals surface area contributed by atoms with Crippen LogP contribution in [0.25, 0.3) is 0 Å². The van der Waals surface area contributed by atoms with Crippen LogP contribution in [0, 0.1) is 0 Å². The topological polar surface area (TPSA) is 61.8 Å². The van der Waals surface area contributed by atoms with Crippen LogP contribution in [0.15, 0.2) is 49.3 Å². The number of hydrogen-bond acceptors (Lipinski definition) is 6. The first-order valence-corrected chi connectivity index (χ1v) is 10.7. The van der Waals surface area contributed by atoms with E-state index in [9.17, 15) is 18.0 Å². The smallest absolute Gasteiger partial charge is 0.422 e. The van der Waals surface area contributed by atoms with Gasteiger partial charge in [-0.2, -0.15) is 13.2 Å². The normalized spacial score (nSPS) is 16.5. The molecule has 1 saturated heterocycles. The number of amides is 1. The molecule has 178 valence electrons. The number of benzene rings is 1. The van der Waals surface area contributed by atoms with Crippen molar-refractivity contribution in [3.05, 3.63) is 54.9 Å². The lowest BCUT2D eigenvalue weighted by Crippen LogP contribution is -2.44. The van der Waals surface area contributed by atoms with Crippen molar-refractivity contribution in [2.75, 3.05) is 56.2 Å². The fourth-order valence-corrected chi connectivity index (χ4v) is 3.60. The van der Waals surface area contributed by atoms with Crippen molar-refractivity contribution in [3.63, 3.8) is 0 Å². The maximum atomic E-state index is 12.1. The number of likely N-dealkylation sites (N-methyl/N-ethyl adjacent to an activating group) is 1. The van der Waals surface area contributed by atoms with Crippen molar-refractivity contribution in [3.8, 4) is 5.88 Å². The van der Waals surface area contributed by atoms with E-state index in [1.54, 1.807) is 11.0 Å². The van der Waals surface area contributed by atoms with Crippen molar-refractivity contribution in [1.29, 1.82) is 0 Å². The fourth-order valence-electron chi connectivity index (χ4n) is 3.60. The highest BCUT2D eigenvalue weighted by molar-refractivity contribution is 5.96. The number of nitrogens with zero attached hydrogens (tertiary/aromatic N) is 5. The Morgan fingerprint density at radius 1 is 1.12 bits per heavy atom. The van der Waals surface area contributed by atoms with Crippen LogP contribution >= 0.6 is 0 Å². The lowest BCUT2D eigenvalue weighted by atomic mass is 10.0. The lowest BCUT2D eigenvalue weighted by molar-refractivity contribution is -0.154. The van der Waals surface area contributed by atoms with Crippen molar-refractivity contribution in [2.45, 2.75) is 19.0 Å². The van der Waals surface area contributed by atoms with Crippen LogP contribution in [0.1, 0.15) is 12.0 Å². The number of halogens is 3. The summed E-state index contributed by atoms with van der Waals surface area (Å²) in [6, 6.07) is 9.50. The van der Waals surface area contributed by atoms with Gasteiger partial charge in [-0.3, -0.25) is 4.79 Å². The van der Waals surface area contributed by atoms with Gasteiger partial charge in [0.15, 0.2) is 6.61 Å². The number of carbonyl (C=O) groups is 1. The molecule has 33 heavy (non-hydrogen) atoms. The van der Waals surface area contributed by atoms with E-state index >= 15 is 0 Å². The molecule has 2 aromatic rings. The summed E-state index contributed by atoms with van der Waals surface area (Å²) in [5.41, 5.74) is 2.30. The van der Waals surface area contributed by atoms with Gasteiger partial charge in [-0.1, -0.05) is 24.3 Å². The second-order valence-electron chi connectivity index (χ2n) is 7.83. The molecular formula is C23H28F3N5O2. The SMILES string of the molecule is C=CCN1C(=O)CCc2ccccc21.CN1CCN(c2cc(OCC(F)(F)F)ncn2)CC1. The van der Waals surface area contributed by atoms with Crippen molar-refractivity contribution in [1.82, 2.24) is 14.9 Å². The van der Waals surface area contributed by atoms with E-state index in [1.807, 2.05) is 30.1 Å². The number of anilines is 2. The molecule has 0 radical (unpaired) electrons. The van der Waals surface area contributed by atoms with Gasteiger partial charge < -0.3 is 19.4 Å². The molecule has 1 fully saturated rings. The van der Waals surface area contributed by atoms with E-state index in [0.29, 0.717) is 18.8 Å². The zero-order chi connectivity index (χ0) is 23.8. The number of fused-ring (bicyclic) bond motifs is 1. The summed E-state index contributed by atoms with van der Waals surface area (Å²) in [4.78, 5) is 25.4. The van der Waals surface area contributed by atoms with Gasteiger partial charge in [-0.25, -0.2) is 9.97 Å². The highest BCUT2D eigenvalue weighted by atomic mass is 19.4. The average molecular weight is 464 g/mol. The first kappa shape index (κ1) is 24.5. The third-order valence-corrected chi connectivity index (χ3v) is 5.34. The van der Waals surface area contributed by atoms with Gasteiger partial charge in [0.1, 0.15) is 12.1 Å². The van der Waals surface area contributed by atoms with Crippen LogP contribution in [0.5, 0.6) is 5.88 Å². The minimum Gasteiger partial charge on any atom is -0.468 e. The van der Waals surface area contributed by atoms with E-state index in [4.69, 9.17) is 0 Å². The Hall–Kier alpha value is -3.14. The zero-order valence-electron chi connectivity index (χ0n) is 18.6. The second-order valence-corrected chi connectivity index (χ2v) is 7.83. The number of carbonyl (C=O) groups excluding carboxylic acids is 1. The summed E-state index contributed by atoms with van der Waals surface area (Å²) >= 11 is 0. The fraction of sp³-hybridized carbons (Fsp3) is 0.435. The molecule has 0 unspecified atom stereocenters. The first-order valence-electron chi connectivity index (χ1n) is 10.7. The number of ether oxygens (including phenoxy) is 1. The van der Waals surface area contributed by atoms with E-state index in [2.05, 4.69) is 32.3 Å². The van der Waals surface area contributed by atoms with Gasteiger partial charge in [0, 0.05) is 50.9 Å². The molecular weight excluding hydrogens is 435 g/mol. The van der Waals surface area contributed by atoms with Gasteiger partial charge in [-0.05, 0) is 25.1 Å². The number of para-hydroxylation sites is 1. The third kappa shape index (κ3) is 7.18. The van der Waals surface area contributed by atoms with E-state index in [0.717, 1.165) is 38.3 Å². The van der Waals surface area contributed by atoms with E-state index in [1.165, 1.54) is 18.0 Å². The van der Waals surface area contributed by atoms with Gasteiger partial charge in [-0.15, -0.1) is 6.58 Å². The molecule has 0 atom stereocenters. The highest BCUT2D eigenvalue weighted by Crippen LogP contribution is 2.27. The maximum Gasteiger partial charge on any atom is 0.422 e. The summed E-state index contributed by atoms with van der Waals surface area (Å²) in [5, 5.41) is 0. The standard InChI is InChI=1S/C12H13NO.C11H15F3N4O/c1-2-9-13-11-6-4-3-5-10(11)7-8-12(13)14;1-17-2-4-18(5-3-17)9-6-10(16-8-15-9)19-7-11(12,13)14/h2-6H,1,7-9H2;6,8H,2-5,7H2,1H3. The molecule has 2 aliphatic heterocycles. The van der Waals surface area contributed by atoms with Crippen LogP contribution in [0.3, 0.4) is 0 Å².